The molecule has 0 aromatic carbocycles. The summed E-state index contributed by atoms with van der Waals surface area (Å²) >= 11 is 1.13. The van der Waals surface area contributed by atoms with Crippen LogP contribution >= 0.6 is 11.8 Å². The normalized spacial score (nSPS) is 20.3. The van der Waals surface area contributed by atoms with Gasteiger partial charge in [0.1, 0.15) is 21.9 Å². The summed E-state index contributed by atoms with van der Waals surface area (Å²) in [6, 6.07) is 1.81. The number of likely N-dealkylation sites (tertiary alicyclic amines) is 1. The number of primary amides is 1. The Morgan fingerprint density at radius 1 is 1.37 bits per heavy atom. The number of carbonyl (C=O) groups excluding carboxylic acids is 1. The largest absolute Gasteiger partial charge is 0.472 e. The van der Waals surface area contributed by atoms with Crippen LogP contribution in [0.3, 0.4) is 0 Å². The van der Waals surface area contributed by atoms with E-state index in [1.807, 2.05) is 11.8 Å². The number of hydrogen-bond acceptors (Lipinski definition) is 6. The van der Waals surface area contributed by atoms with Gasteiger partial charge < -0.3 is 20.8 Å². The zero-order chi connectivity index (χ0) is 22.3. The number of nitrogens with two attached hydrogens (primary N) is 2. The van der Waals surface area contributed by atoms with E-state index < -0.39 is 12.1 Å². The molecule has 30 heavy (non-hydrogen) atoms. The zero-order valence-electron chi connectivity index (χ0n) is 17.9. The number of rotatable bonds is 5. The summed E-state index contributed by atoms with van der Waals surface area (Å²) in [4.78, 5) is 18.5. The Labute approximate surface area is 182 Å². The molecular formula is C22H31FN4O2S. The van der Waals surface area contributed by atoms with Gasteiger partial charge in [0.15, 0.2) is 0 Å². The third kappa shape index (κ3) is 5.78. The fourth-order valence-electron chi connectivity index (χ4n) is 2.97. The first kappa shape index (κ1) is 23.8. The fraction of sp³-hybridized carbons (Fsp3) is 0.455. The van der Waals surface area contributed by atoms with Crippen LogP contribution in [0.25, 0.3) is 5.57 Å². The van der Waals surface area contributed by atoms with E-state index in [-0.39, 0.29) is 4.91 Å². The molecule has 8 heteroatoms. The van der Waals surface area contributed by atoms with E-state index in [1.165, 1.54) is 12.8 Å². The van der Waals surface area contributed by atoms with Gasteiger partial charge in [0.2, 0.25) is 0 Å². The Hall–Kier alpha value is -2.48. The van der Waals surface area contributed by atoms with E-state index >= 15 is 0 Å². The van der Waals surface area contributed by atoms with Gasteiger partial charge in [0.25, 0.3) is 5.91 Å². The minimum Gasteiger partial charge on any atom is -0.472 e. The number of nitrogens with zero attached hydrogens (tertiary/aromatic N) is 2. The molecule has 0 spiro atoms. The number of halogens is 1. The summed E-state index contributed by atoms with van der Waals surface area (Å²) < 4.78 is 18.5. The van der Waals surface area contributed by atoms with Crippen LogP contribution in [0.4, 0.5) is 4.39 Å². The van der Waals surface area contributed by atoms with Crippen molar-refractivity contribution in [2.75, 3.05) is 13.1 Å². The Morgan fingerprint density at radius 3 is 2.50 bits per heavy atom. The lowest BCUT2D eigenvalue weighted by molar-refractivity contribution is -0.113. The molecule has 164 valence electrons. The molecular weight excluding hydrogens is 403 g/mol. The van der Waals surface area contributed by atoms with Crippen LogP contribution in [0.15, 0.2) is 56.6 Å². The molecule has 1 aromatic heterocycles. The number of amides is 1. The number of hydrogen-bond donors (Lipinski definition) is 2. The third-order valence-corrected chi connectivity index (χ3v) is 6.11. The maximum Gasteiger partial charge on any atom is 0.257 e. The molecule has 1 amide bonds. The van der Waals surface area contributed by atoms with Gasteiger partial charge in [0.05, 0.1) is 18.2 Å². The maximum atomic E-state index is 13.4. The molecule has 0 aliphatic carbocycles. The van der Waals surface area contributed by atoms with Crippen LogP contribution in [0.2, 0.25) is 0 Å². The second kappa shape index (κ2) is 11.1. The molecule has 4 N–H and O–H groups in total. The van der Waals surface area contributed by atoms with Crippen molar-refractivity contribution in [2.45, 2.75) is 52.6 Å². The molecule has 0 atom stereocenters. The number of furan rings is 1. The number of allylic oxidation sites excluding steroid dienone is 2. The van der Waals surface area contributed by atoms with E-state index in [9.17, 15) is 9.18 Å². The van der Waals surface area contributed by atoms with Crippen molar-refractivity contribution < 1.29 is 13.6 Å². The SMILES string of the molecule is C=C(/N=C1/SC(C(N)=O)=C(N)/C1=C(/C)c1ccoc1)N1CCC(F)CC1.CCCC. The van der Waals surface area contributed by atoms with Crippen molar-refractivity contribution in [3.05, 3.63) is 52.7 Å². The summed E-state index contributed by atoms with van der Waals surface area (Å²) in [7, 11) is 0. The molecule has 6 nitrogen and oxygen atoms in total. The summed E-state index contributed by atoms with van der Waals surface area (Å²) in [6.45, 7) is 11.4. The second-order valence-corrected chi connectivity index (χ2v) is 8.22. The number of unbranched alkanes of at least 4 members (excludes halogenated alkanes) is 1. The highest BCUT2D eigenvalue weighted by molar-refractivity contribution is 8.19. The van der Waals surface area contributed by atoms with Gasteiger partial charge in [-0.3, -0.25) is 4.79 Å². The predicted molar refractivity (Wildman–Crippen MR) is 122 cm³/mol. The number of thioether (sulfide) groups is 1. The minimum absolute atomic E-state index is 0.261. The van der Waals surface area contributed by atoms with Crippen LogP contribution in [0.1, 0.15) is 52.0 Å². The van der Waals surface area contributed by atoms with Gasteiger partial charge >= 0.3 is 0 Å². The van der Waals surface area contributed by atoms with Crippen molar-refractivity contribution in [3.8, 4) is 0 Å². The van der Waals surface area contributed by atoms with Gasteiger partial charge in [0, 0.05) is 24.2 Å². The number of aliphatic imine (C=N–C) groups is 1. The molecule has 1 saturated heterocycles. The van der Waals surface area contributed by atoms with Gasteiger partial charge in [-0.2, -0.15) is 0 Å². The molecule has 2 aliphatic heterocycles. The minimum atomic E-state index is -0.773. The first-order valence-corrected chi connectivity index (χ1v) is 11.0. The first-order chi connectivity index (χ1) is 14.3. The van der Waals surface area contributed by atoms with E-state index in [1.54, 1.807) is 18.6 Å². The monoisotopic (exact) mass is 434 g/mol. The van der Waals surface area contributed by atoms with Gasteiger partial charge in [-0.25, -0.2) is 9.38 Å². The summed E-state index contributed by atoms with van der Waals surface area (Å²) in [5.74, 6) is -0.0746. The van der Waals surface area contributed by atoms with Crippen LogP contribution in [0, 0.1) is 0 Å². The number of carbonyl (C=O) groups is 1. The van der Waals surface area contributed by atoms with Gasteiger partial charge in [-0.15, -0.1) is 0 Å². The predicted octanol–water partition coefficient (Wildman–Crippen LogP) is 4.57. The average Bonchev–Trinajstić information content (AvgIpc) is 3.37. The zero-order valence-corrected chi connectivity index (χ0v) is 18.7. The molecule has 0 bridgehead atoms. The van der Waals surface area contributed by atoms with Gasteiger partial charge in [-0.1, -0.05) is 45.0 Å². The van der Waals surface area contributed by atoms with E-state index in [2.05, 4.69) is 25.4 Å². The van der Waals surface area contributed by atoms with Gasteiger partial charge in [-0.05, 0) is 31.4 Å². The lowest BCUT2D eigenvalue weighted by Crippen LogP contribution is -2.33. The summed E-state index contributed by atoms with van der Waals surface area (Å²) in [5, 5.41) is 0.558. The van der Waals surface area contributed by atoms with Crippen LogP contribution in [-0.2, 0) is 4.79 Å². The average molecular weight is 435 g/mol. The van der Waals surface area contributed by atoms with Crippen LogP contribution < -0.4 is 11.5 Å². The Bertz CT molecular complexity index is 848. The van der Waals surface area contributed by atoms with Crippen LogP contribution in [0.5, 0.6) is 0 Å². The second-order valence-electron chi connectivity index (χ2n) is 7.22. The van der Waals surface area contributed by atoms with Crippen molar-refractivity contribution >= 4 is 28.3 Å². The molecule has 3 rings (SSSR count). The Balaban J connectivity index is 0.000000735. The number of alkyl halides is 1. The molecule has 1 fully saturated rings. The molecule has 0 radical (unpaired) electrons. The molecule has 0 unspecified atom stereocenters. The van der Waals surface area contributed by atoms with Crippen molar-refractivity contribution in [1.29, 1.82) is 0 Å². The number of piperidine rings is 1. The highest BCUT2D eigenvalue weighted by Gasteiger charge is 2.31. The lowest BCUT2D eigenvalue weighted by atomic mass is 10.0. The topological polar surface area (TPSA) is 97.8 Å². The Morgan fingerprint density at radius 2 is 2.00 bits per heavy atom. The lowest BCUT2D eigenvalue weighted by Gasteiger charge is -2.30. The Kier molecular flexibility index (Phi) is 8.77. The van der Waals surface area contributed by atoms with Crippen molar-refractivity contribution in [1.82, 2.24) is 4.90 Å². The van der Waals surface area contributed by atoms with Crippen molar-refractivity contribution in [3.63, 3.8) is 0 Å². The van der Waals surface area contributed by atoms with E-state index in [0.717, 1.165) is 22.9 Å². The fourth-order valence-corrected chi connectivity index (χ4v) is 3.99. The summed E-state index contributed by atoms with van der Waals surface area (Å²) in [5.41, 5.74) is 14.3. The first-order valence-electron chi connectivity index (χ1n) is 10.2. The van der Waals surface area contributed by atoms with E-state index in [4.69, 9.17) is 15.9 Å². The van der Waals surface area contributed by atoms with E-state index in [0.29, 0.717) is 48.1 Å². The maximum absolute atomic E-state index is 13.4. The molecule has 3 heterocycles. The molecule has 2 aliphatic rings. The van der Waals surface area contributed by atoms with Crippen molar-refractivity contribution in [2.24, 2.45) is 16.5 Å². The summed E-state index contributed by atoms with van der Waals surface area (Å²) in [6.07, 6.45) is 5.94. The molecule has 0 saturated carbocycles. The smallest absolute Gasteiger partial charge is 0.257 e. The molecule has 1 aromatic rings. The van der Waals surface area contributed by atoms with Crippen LogP contribution in [-0.4, -0.2) is 35.1 Å². The highest BCUT2D eigenvalue weighted by Crippen LogP contribution is 2.40. The third-order valence-electron chi connectivity index (χ3n) is 5.00. The standard InChI is InChI=1S/C18H21FN4O2S.C4H10/c1-10(12-5-8-25-9-12)14-15(20)16(17(21)24)26-18(14)22-11(2)23-6-3-13(19)4-7-23;1-3-4-2/h5,8-9,13H,2-4,6-7,20H2,1H3,(H2,21,24);3-4H2,1-2H3/b14-10+,22-18+;. The highest BCUT2D eigenvalue weighted by atomic mass is 32.2. The quantitative estimate of drug-likeness (QED) is 0.708.